The number of benzene rings is 1. The Morgan fingerprint density at radius 1 is 0.537 bits per heavy atom. The number of carbonyl (C=O) groups is 6. The third-order valence-electron chi connectivity index (χ3n) is 6.88. The Balaban J connectivity index is -0.0000000526. The first-order chi connectivity index (χ1) is 28.5. The van der Waals surface area contributed by atoms with E-state index in [1.165, 1.54) is 50.7 Å². The van der Waals surface area contributed by atoms with Crippen molar-refractivity contribution in [2.45, 2.75) is 128 Å². The van der Waals surface area contributed by atoms with Gasteiger partial charge in [-0.2, -0.15) is 0 Å². The van der Waals surface area contributed by atoms with Crippen molar-refractivity contribution in [2.24, 2.45) is 0 Å². The van der Waals surface area contributed by atoms with Crippen molar-refractivity contribution in [1.29, 1.82) is 0 Å². The number of carbonyl (C=O) groups excluding carboxylic acids is 6. The van der Waals surface area contributed by atoms with E-state index >= 15 is 0 Å². The summed E-state index contributed by atoms with van der Waals surface area (Å²) in [6.45, 7) is 23.5. The molecule has 67 heavy (non-hydrogen) atoms. The lowest BCUT2D eigenvalue weighted by atomic mass is 10.1. The number of alkyl carbamates (subject to hydrolysis) is 1. The number of amides is 2. The summed E-state index contributed by atoms with van der Waals surface area (Å²) in [5.41, 5.74) is 6.79. The molecule has 0 unspecified atom stereocenters. The lowest BCUT2D eigenvalue weighted by Gasteiger charge is -2.08. The van der Waals surface area contributed by atoms with E-state index in [1.54, 1.807) is 46.0 Å². The molecule has 2 amide bonds. The largest absolute Gasteiger partial charge is 0.512 e. The van der Waals surface area contributed by atoms with Gasteiger partial charge in [0.25, 0.3) is 0 Å². The van der Waals surface area contributed by atoms with E-state index in [0.717, 1.165) is 43.1 Å². The van der Waals surface area contributed by atoms with Crippen LogP contribution in [-0.4, -0.2) is 97.7 Å². The highest BCUT2D eigenvalue weighted by atomic mass is 16.7. The van der Waals surface area contributed by atoms with Crippen LogP contribution < -0.4 is 5.32 Å². The van der Waals surface area contributed by atoms with Crippen LogP contribution in [0.15, 0.2) is 102 Å². The minimum absolute atomic E-state index is 0. The van der Waals surface area contributed by atoms with Crippen molar-refractivity contribution in [1.82, 2.24) is 10.2 Å². The number of hydrogen-bond donors (Lipinski definition) is 1. The molecule has 0 aliphatic heterocycles. The molecule has 394 valence electrons. The number of methoxy groups -OCH3 is 5. The van der Waals surface area contributed by atoms with Crippen LogP contribution in [0.4, 0.5) is 9.59 Å². The highest BCUT2D eigenvalue weighted by Crippen LogP contribution is 2.13. The van der Waals surface area contributed by atoms with Crippen molar-refractivity contribution in [3.8, 4) is 0 Å². The van der Waals surface area contributed by atoms with Gasteiger partial charge in [0, 0.05) is 32.3 Å². The van der Waals surface area contributed by atoms with E-state index in [4.69, 9.17) is 4.74 Å². The standard InChI is InChI=1S/C11H14.C7H13NO.C6H9NO4.C6H8O5.C6H10O2.C5H10O.C5H10.6CH4/c1-4-10(3)11-7-5-9(2)6-8-11;1-5-6(2)7(9)8(3)4;1-7-6(9)11-4-3-5(8)10-2;1-9-5(7)3-4-11-6(8)10-2;1-4-5(2)6(7)8-3;1-4-5(2)6-3;1-4-5(2)3;;;;;;/h4-8H,1-3H3;5H,1-4H3;3-4H,1-2H3,(H,7,9);3-4H,1-2H3;4H,1-3H3;4H,1-3H3;4H,1-3H3;6*1H4/b10-4+;6-5+;;;2*5-4+;;;;;;;. The summed E-state index contributed by atoms with van der Waals surface area (Å²) in [4.78, 5) is 64.2. The second-order valence-electron chi connectivity index (χ2n) is 11.8. The number of aryl methyl sites for hydroxylation is 1. The zero-order chi connectivity index (χ0) is 48.9. The third kappa shape index (κ3) is 68.8. The molecule has 0 spiro atoms. The van der Waals surface area contributed by atoms with Crippen LogP contribution in [-0.2, 0) is 52.3 Å². The topological polar surface area (TPSA) is 182 Å². The van der Waals surface area contributed by atoms with E-state index < -0.39 is 24.2 Å². The molecule has 0 aliphatic rings. The smallest absolute Gasteiger partial charge is 0.502 e. The van der Waals surface area contributed by atoms with Gasteiger partial charge in [0.2, 0.25) is 5.91 Å². The van der Waals surface area contributed by atoms with Gasteiger partial charge in [0.05, 0.1) is 53.5 Å². The molecular formula is C52H98N2O13. The molecule has 15 heteroatoms. The molecule has 0 saturated carbocycles. The predicted molar refractivity (Wildman–Crippen MR) is 283 cm³/mol. The van der Waals surface area contributed by atoms with Crippen molar-refractivity contribution in [3.63, 3.8) is 0 Å². The molecule has 0 heterocycles. The van der Waals surface area contributed by atoms with Gasteiger partial charge < -0.3 is 43.4 Å². The van der Waals surface area contributed by atoms with Gasteiger partial charge in [0.1, 0.15) is 12.5 Å². The number of ether oxygens (including phenoxy) is 7. The Labute approximate surface area is 410 Å². The second kappa shape index (κ2) is 63.9. The van der Waals surface area contributed by atoms with E-state index in [1.807, 2.05) is 46.8 Å². The van der Waals surface area contributed by atoms with Crippen LogP contribution in [0.3, 0.4) is 0 Å². The van der Waals surface area contributed by atoms with Gasteiger partial charge in [-0.25, -0.2) is 24.0 Å². The van der Waals surface area contributed by atoms with Crippen LogP contribution in [0.2, 0.25) is 0 Å². The first-order valence-corrected chi connectivity index (χ1v) is 18.7. The first kappa shape index (κ1) is 91.2. The number of allylic oxidation sites excluding steroid dienone is 8. The van der Waals surface area contributed by atoms with Crippen LogP contribution in [0.1, 0.15) is 132 Å². The fourth-order valence-corrected chi connectivity index (χ4v) is 2.40. The summed E-state index contributed by atoms with van der Waals surface area (Å²) < 4.78 is 30.2. The molecule has 1 rings (SSSR count). The number of hydrogen-bond acceptors (Lipinski definition) is 13. The van der Waals surface area contributed by atoms with Gasteiger partial charge in [0.15, 0.2) is 0 Å². The minimum Gasteiger partial charge on any atom is -0.502 e. The fourth-order valence-electron chi connectivity index (χ4n) is 2.40. The Bertz CT molecular complexity index is 1560. The summed E-state index contributed by atoms with van der Waals surface area (Å²) in [5, 5.41) is 2.19. The van der Waals surface area contributed by atoms with Crippen molar-refractivity contribution in [2.75, 3.05) is 56.7 Å². The molecule has 0 aliphatic carbocycles. The van der Waals surface area contributed by atoms with E-state index in [-0.39, 0.29) is 56.4 Å². The van der Waals surface area contributed by atoms with Gasteiger partial charge >= 0.3 is 30.2 Å². The van der Waals surface area contributed by atoms with E-state index in [9.17, 15) is 28.8 Å². The molecule has 0 atom stereocenters. The van der Waals surface area contributed by atoms with Crippen LogP contribution >= 0.6 is 0 Å². The van der Waals surface area contributed by atoms with E-state index in [0.29, 0.717) is 5.57 Å². The number of nitrogens with zero attached hydrogens (tertiary/aromatic N) is 1. The molecule has 0 radical (unpaired) electrons. The normalized spacial score (nSPS) is 9.37. The van der Waals surface area contributed by atoms with Gasteiger partial charge in [-0.15, -0.1) is 0 Å². The minimum atomic E-state index is -0.884. The van der Waals surface area contributed by atoms with Gasteiger partial charge in [-0.05, 0) is 94.2 Å². The summed E-state index contributed by atoms with van der Waals surface area (Å²) in [6, 6.07) is 8.60. The fraction of sp³-hybridized carbons (Fsp3) is 0.500. The van der Waals surface area contributed by atoms with Crippen LogP contribution in [0.5, 0.6) is 0 Å². The zero-order valence-electron chi connectivity index (χ0n) is 40.3. The maximum Gasteiger partial charge on any atom is 0.512 e. The molecule has 0 bridgehead atoms. The summed E-state index contributed by atoms with van der Waals surface area (Å²) >= 11 is 0. The maximum atomic E-state index is 10.9. The zero-order valence-corrected chi connectivity index (χ0v) is 40.3. The van der Waals surface area contributed by atoms with Crippen LogP contribution in [0.25, 0.3) is 5.57 Å². The third-order valence-corrected chi connectivity index (χ3v) is 6.88. The summed E-state index contributed by atoms with van der Waals surface area (Å²) in [7, 11) is 11.5. The highest BCUT2D eigenvalue weighted by molar-refractivity contribution is 5.92. The van der Waals surface area contributed by atoms with Crippen LogP contribution in [0, 0.1) is 6.92 Å². The molecule has 0 aromatic heterocycles. The Morgan fingerprint density at radius 3 is 1.16 bits per heavy atom. The Hall–Kier alpha value is -6.38. The number of esters is 3. The SMILES string of the molecule is C.C.C.C.C.C.C/C=C(\C)C(=O)N(C)C.C/C=C(\C)C(=O)OC.C/C=C(\C)OC.C/C=C(\C)c1ccc(C)cc1.CC=C(C)C.CNC(=O)OC=CC(=O)OC.COC(=O)C=COC(=O)OC. The van der Waals surface area contributed by atoms with Gasteiger partial charge in [-0.1, -0.05) is 110 Å². The second-order valence-corrected chi connectivity index (χ2v) is 11.8. The summed E-state index contributed by atoms with van der Waals surface area (Å²) in [6.07, 6.45) is 11.9. The quantitative estimate of drug-likeness (QED) is 0.0855. The van der Waals surface area contributed by atoms with Crippen molar-refractivity contribution < 1.29 is 61.9 Å². The Kier molecular flexibility index (Phi) is 86.9. The number of nitrogens with one attached hydrogen (secondary N) is 1. The van der Waals surface area contributed by atoms with Gasteiger partial charge in [-0.3, -0.25) is 4.79 Å². The average molecular weight is 959 g/mol. The number of likely N-dealkylation sites (N-methyl/N-ethyl adjacent to an activating group) is 1. The molecule has 0 saturated heterocycles. The molecule has 15 nitrogen and oxygen atoms in total. The average Bonchev–Trinajstić information content (AvgIpc) is 3.28. The highest BCUT2D eigenvalue weighted by Gasteiger charge is 2.03. The lowest BCUT2D eigenvalue weighted by Crippen LogP contribution is -2.22. The number of rotatable bonds is 8. The molecule has 1 aromatic carbocycles. The van der Waals surface area contributed by atoms with Crippen molar-refractivity contribution in [3.05, 3.63) is 113 Å². The molecule has 1 aromatic rings. The molecule has 0 fully saturated rings. The first-order valence-electron chi connectivity index (χ1n) is 18.7. The van der Waals surface area contributed by atoms with E-state index in [2.05, 4.69) is 105 Å². The summed E-state index contributed by atoms with van der Waals surface area (Å²) in [5.74, 6) is -0.386. The predicted octanol–water partition coefficient (Wildman–Crippen LogP) is 13.4. The lowest BCUT2D eigenvalue weighted by molar-refractivity contribution is -0.136. The molecule has 1 N–H and O–H groups in total. The Morgan fingerprint density at radius 2 is 0.940 bits per heavy atom. The van der Waals surface area contributed by atoms with Crippen molar-refractivity contribution >= 4 is 41.6 Å². The maximum absolute atomic E-state index is 10.9. The molecular weight excluding hydrogens is 861 g/mol. The monoisotopic (exact) mass is 959 g/mol.